The van der Waals surface area contributed by atoms with Gasteiger partial charge in [-0.25, -0.2) is 0 Å². The van der Waals surface area contributed by atoms with Gasteiger partial charge in [-0.05, 0) is 64.1 Å². The van der Waals surface area contributed by atoms with Crippen LogP contribution in [0.4, 0.5) is 0 Å². The molecular formula is C38H52NO2+. The van der Waals surface area contributed by atoms with Gasteiger partial charge in [-0.15, -0.1) is 0 Å². The first kappa shape index (κ1) is 30.9. The van der Waals surface area contributed by atoms with E-state index in [0.29, 0.717) is 0 Å². The summed E-state index contributed by atoms with van der Waals surface area (Å²) in [5, 5.41) is 5.48. The van der Waals surface area contributed by atoms with Crippen LogP contribution in [0.5, 0.6) is 11.5 Å². The maximum absolute atomic E-state index is 5.61. The number of benzene rings is 4. The Morgan fingerprint density at radius 3 is 1.56 bits per heavy atom. The first-order chi connectivity index (χ1) is 20.0. The quantitative estimate of drug-likeness (QED) is 0.0734. The first-order valence-corrected chi connectivity index (χ1v) is 15.9. The van der Waals surface area contributed by atoms with Gasteiger partial charge in [-0.2, -0.15) is 0 Å². The molecule has 0 aliphatic rings. The molecule has 0 unspecified atom stereocenters. The fraction of sp³-hybridized carbons (Fsp3) is 0.474. The number of nitrogens with zero attached hydrogens (tertiary/aromatic N) is 1. The van der Waals surface area contributed by atoms with E-state index >= 15 is 0 Å². The molecule has 3 heteroatoms. The van der Waals surface area contributed by atoms with Crippen molar-refractivity contribution in [3.8, 4) is 11.5 Å². The summed E-state index contributed by atoms with van der Waals surface area (Å²) < 4.78 is 12.1. The predicted molar refractivity (Wildman–Crippen MR) is 176 cm³/mol. The van der Waals surface area contributed by atoms with Crippen molar-refractivity contribution in [3.05, 3.63) is 83.4 Å². The number of methoxy groups -OCH3 is 2. The molecule has 0 fully saturated rings. The van der Waals surface area contributed by atoms with Gasteiger partial charge in [0.1, 0.15) is 6.54 Å². The highest BCUT2D eigenvalue weighted by Gasteiger charge is 2.22. The van der Waals surface area contributed by atoms with Crippen molar-refractivity contribution in [2.24, 2.45) is 0 Å². The summed E-state index contributed by atoms with van der Waals surface area (Å²) in [6.45, 7) is 4.55. The van der Waals surface area contributed by atoms with Gasteiger partial charge in [-0.3, -0.25) is 0 Å². The first-order valence-electron chi connectivity index (χ1n) is 15.9. The van der Waals surface area contributed by atoms with Crippen LogP contribution in [-0.2, 0) is 13.0 Å². The van der Waals surface area contributed by atoms with Crippen molar-refractivity contribution in [1.82, 2.24) is 0 Å². The lowest BCUT2D eigenvalue weighted by atomic mass is 9.88. The van der Waals surface area contributed by atoms with Gasteiger partial charge < -0.3 is 14.0 Å². The molecule has 0 aromatic heterocycles. The number of quaternary nitrogens is 1. The summed E-state index contributed by atoms with van der Waals surface area (Å²) in [7, 11) is 8.22. The maximum atomic E-state index is 5.61. The van der Waals surface area contributed by atoms with E-state index in [9.17, 15) is 0 Å². The summed E-state index contributed by atoms with van der Waals surface area (Å²) in [6.07, 6.45) is 14.7. The zero-order valence-corrected chi connectivity index (χ0v) is 26.3. The topological polar surface area (TPSA) is 18.5 Å². The normalized spacial score (nSPS) is 11.8. The number of ether oxygens (including phenoxy) is 2. The molecule has 0 aliphatic carbocycles. The van der Waals surface area contributed by atoms with Gasteiger partial charge >= 0.3 is 0 Å². The summed E-state index contributed by atoms with van der Waals surface area (Å²) >= 11 is 0. The molecule has 4 rings (SSSR count). The van der Waals surface area contributed by atoms with Crippen LogP contribution in [0.1, 0.15) is 87.8 Å². The van der Waals surface area contributed by atoms with Crippen LogP contribution in [0.15, 0.2) is 66.7 Å². The average molecular weight is 555 g/mol. The lowest BCUT2D eigenvalue weighted by molar-refractivity contribution is -0.903. The molecule has 0 radical (unpaired) electrons. The van der Waals surface area contributed by atoms with Crippen LogP contribution < -0.4 is 9.47 Å². The molecule has 4 aromatic carbocycles. The van der Waals surface area contributed by atoms with Crippen LogP contribution in [0.3, 0.4) is 0 Å². The fourth-order valence-corrected chi connectivity index (χ4v) is 6.40. The van der Waals surface area contributed by atoms with Crippen molar-refractivity contribution >= 4 is 21.5 Å². The summed E-state index contributed by atoms with van der Waals surface area (Å²) in [5.41, 5.74) is 4.08. The highest BCUT2D eigenvalue weighted by Crippen LogP contribution is 2.37. The van der Waals surface area contributed by atoms with E-state index in [4.69, 9.17) is 9.47 Å². The molecule has 0 atom stereocenters. The molecule has 220 valence electrons. The summed E-state index contributed by atoms with van der Waals surface area (Å²) in [6, 6.07) is 24.3. The lowest BCUT2D eigenvalue weighted by Crippen LogP contribution is -2.39. The van der Waals surface area contributed by atoms with Crippen molar-refractivity contribution in [2.45, 2.75) is 84.1 Å². The number of hydrogen-bond acceptors (Lipinski definition) is 2. The number of unbranched alkanes of at least 4 members (excludes halogenated alkanes) is 9. The van der Waals surface area contributed by atoms with E-state index in [2.05, 4.69) is 81.7 Å². The summed E-state index contributed by atoms with van der Waals surface area (Å²) in [4.78, 5) is 0. The van der Waals surface area contributed by atoms with Crippen LogP contribution in [0.25, 0.3) is 21.5 Å². The zero-order valence-electron chi connectivity index (χ0n) is 26.3. The lowest BCUT2D eigenvalue weighted by Gasteiger charge is -2.31. The van der Waals surface area contributed by atoms with E-state index in [1.165, 1.54) is 109 Å². The zero-order chi connectivity index (χ0) is 29.1. The Labute approximate surface area is 249 Å². The van der Waals surface area contributed by atoms with Crippen molar-refractivity contribution in [3.63, 3.8) is 0 Å². The number of rotatable bonds is 17. The minimum Gasteiger partial charge on any atom is -0.493 e. The minimum absolute atomic E-state index is 0.767. The Morgan fingerprint density at radius 2 is 1.05 bits per heavy atom. The van der Waals surface area contributed by atoms with Crippen LogP contribution in [-0.4, -0.2) is 39.3 Å². The molecule has 0 aliphatic heterocycles. The molecule has 3 nitrogen and oxygen atoms in total. The minimum atomic E-state index is 0.767. The fourth-order valence-electron chi connectivity index (χ4n) is 6.40. The van der Waals surface area contributed by atoms with E-state index in [1.807, 2.05) is 6.07 Å². The second kappa shape index (κ2) is 15.3. The molecule has 0 N–H and O–H groups in total. The Bertz CT molecular complexity index is 1330. The number of fused-ring (bicyclic) bond motifs is 2. The van der Waals surface area contributed by atoms with Gasteiger partial charge in [0.2, 0.25) is 0 Å². The molecule has 41 heavy (non-hydrogen) atoms. The van der Waals surface area contributed by atoms with Crippen LogP contribution in [0.2, 0.25) is 0 Å². The van der Waals surface area contributed by atoms with E-state index < -0.39 is 0 Å². The molecule has 0 heterocycles. The molecule has 0 bridgehead atoms. The molecule has 0 saturated heterocycles. The second-order valence-corrected chi connectivity index (χ2v) is 12.4. The highest BCUT2D eigenvalue weighted by molar-refractivity contribution is 6.06. The molecule has 4 aromatic rings. The van der Waals surface area contributed by atoms with E-state index in [1.54, 1.807) is 14.2 Å². The van der Waals surface area contributed by atoms with Crippen molar-refractivity contribution in [2.75, 3.05) is 34.9 Å². The van der Waals surface area contributed by atoms with Gasteiger partial charge in [-0.1, -0.05) is 113 Å². The van der Waals surface area contributed by atoms with Crippen LogP contribution >= 0.6 is 0 Å². The van der Waals surface area contributed by atoms with E-state index in [0.717, 1.165) is 28.9 Å². The summed E-state index contributed by atoms with van der Waals surface area (Å²) in [5.74, 6) is 1.55. The van der Waals surface area contributed by atoms with Gasteiger partial charge in [0.15, 0.2) is 11.5 Å². The van der Waals surface area contributed by atoms with Gasteiger partial charge in [0, 0.05) is 5.56 Å². The second-order valence-electron chi connectivity index (χ2n) is 12.4. The van der Waals surface area contributed by atoms with Gasteiger partial charge in [0.05, 0.1) is 34.9 Å². The Balaban J connectivity index is 1.51. The number of hydrogen-bond donors (Lipinski definition) is 0. The standard InChI is InChI=1S/C38H52NO2/c1-6-7-8-9-10-11-12-13-14-19-26-39(2,3)29-36-33-22-17-15-20-31(33)35(32-21-16-18-23-34(32)36)27-30-24-25-37(40-4)38(28-30)41-5/h15-18,20-25,28H,6-14,19,26-27,29H2,1-5H3/q+1. The molecule has 0 amide bonds. The molecule has 0 spiro atoms. The largest absolute Gasteiger partial charge is 0.493 e. The highest BCUT2D eigenvalue weighted by atomic mass is 16.5. The van der Waals surface area contributed by atoms with Gasteiger partial charge in [0.25, 0.3) is 0 Å². The van der Waals surface area contributed by atoms with Crippen LogP contribution in [0, 0.1) is 0 Å². The third kappa shape index (κ3) is 8.26. The van der Waals surface area contributed by atoms with Crippen molar-refractivity contribution in [1.29, 1.82) is 0 Å². The third-order valence-electron chi connectivity index (χ3n) is 8.69. The Morgan fingerprint density at radius 1 is 0.561 bits per heavy atom. The third-order valence-corrected chi connectivity index (χ3v) is 8.69. The Hall–Kier alpha value is -3.04. The monoisotopic (exact) mass is 554 g/mol. The smallest absolute Gasteiger partial charge is 0.160 e. The average Bonchev–Trinajstić information content (AvgIpc) is 2.99. The van der Waals surface area contributed by atoms with E-state index in [-0.39, 0.29) is 0 Å². The predicted octanol–water partition coefficient (Wildman–Crippen LogP) is 10.1. The molecular weight excluding hydrogens is 502 g/mol. The molecule has 0 saturated carbocycles. The van der Waals surface area contributed by atoms with Crippen molar-refractivity contribution < 1.29 is 14.0 Å². The SMILES string of the molecule is CCCCCCCCCCCC[N+](C)(C)Cc1c2ccccc2c(Cc2ccc(OC)c(OC)c2)c2ccccc12. The Kier molecular flexibility index (Phi) is 11.5. The maximum Gasteiger partial charge on any atom is 0.160 e.